The second-order valence-electron chi connectivity index (χ2n) is 5.52. The Labute approximate surface area is 150 Å². The van der Waals surface area contributed by atoms with Gasteiger partial charge in [-0.15, -0.1) is 0 Å². The number of rotatable bonds is 5. The number of hydrogen-bond acceptors (Lipinski definition) is 4. The first kappa shape index (κ1) is 17.3. The summed E-state index contributed by atoms with van der Waals surface area (Å²) in [5.41, 5.74) is 1.41. The number of amides is 1. The summed E-state index contributed by atoms with van der Waals surface area (Å²) in [7, 11) is 0. The maximum atomic E-state index is 11.9. The fourth-order valence-electron chi connectivity index (χ4n) is 2.42. The third-order valence-electron chi connectivity index (χ3n) is 3.74. The van der Waals surface area contributed by atoms with Gasteiger partial charge in [-0.1, -0.05) is 35.9 Å². The molecule has 0 bridgehead atoms. The van der Waals surface area contributed by atoms with Crippen LogP contribution in [0.3, 0.4) is 0 Å². The highest BCUT2D eigenvalue weighted by Crippen LogP contribution is 2.32. The minimum absolute atomic E-state index is 0.0886. The van der Waals surface area contributed by atoms with Gasteiger partial charge in [0.25, 0.3) is 0 Å². The van der Waals surface area contributed by atoms with E-state index in [1.54, 1.807) is 30.3 Å². The zero-order chi connectivity index (χ0) is 17.6. The molecule has 1 aliphatic heterocycles. The topological polar surface area (TPSA) is 67.8 Å². The molecular formula is C19H18ClNO4. The summed E-state index contributed by atoms with van der Waals surface area (Å²) in [5.74, 6) is 0.957. The van der Waals surface area contributed by atoms with Gasteiger partial charge in [-0.05, 0) is 35.4 Å². The Hall–Kier alpha value is -2.50. The van der Waals surface area contributed by atoms with E-state index in [-0.39, 0.29) is 12.5 Å². The smallest absolute Gasteiger partial charge is 0.244 e. The van der Waals surface area contributed by atoms with Gasteiger partial charge in [0, 0.05) is 17.6 Å². The van der Waals surface area contributed by atoms with Crippen LogP contribution in [0.5, 0.6) is 11.5 Å². The highest BCUT2D eigenvalue weighted by Gasteiger charge is 2.15. The van der Waals surface area contributed by atoms with Gasteiger partial charge < -0.3 is 19.9 Å². The van der Waals surface area contributed by atoms with Gasteiger partial charge in [-0.25, -0.2) is 0 Å². The van der Waals surface area contributed by atoms with Crippen LogP contribution in [0.4, 0.5) is 0 Å². The molecule has 0 fully saturated rings. The van der Waals surface area contributed by atoms with E-state index in [4.69, 9.17) is 21.1 Å². The molecule has 2 aromatic carbocycles. The molecule has 1 aliphatic rings. The minimum atomic E-state index is -0.839. The summed E-state index contributed by atoms with van der Waals surface area (Å²) >= 11 is 6.03. The molecule has 1 heterocycles. The molecule has 5 nitrogen and oxygen atoms in total. The van der Waals surface area contributed by atoms with Crippen LogP contribution in [0.15, 0.2) is 48.5 Å². The van der Waals surface area contributed by atoms with Gasteiger partial charge in [0.05, 0.1) is 6.10 Å². The molecule has 0 radical (unpaired) electrons. The van der Waals surface area contributed by atoms with Crippen molar-refractivity contribution in [1.29, 1.82) is 0 Å². The van der Waals surface area contributed by atoms with Crippen LogP contribution >= 0.6 is 11.6 Å². The van der Waals surface area contributed by atoms with Crippen molar-refractivity contribution < 1.29 is 19.4 Å². The first-order chi connectivity index (χ1) is 12.1. The monoisotopic (exact) mass is 359 g/mol. The largest absolute Gasteiger partial charge is 0.486 e. The summed E-state index contributed by atoms with van der Waals surface area (Å²) in [6, 6.07) is 12.5. The Kier molecular flexibility index (Phi) is 5.58. The number of aliphatic hydroxyl groups is 1. The van der Waals surface area contributed by atoms with Crippen LogP contribution in [0.1, 0.15) is 17.2 Å². The Bertz CT molecular complexity index is 791. The lowest BCUT2D eigenvalue weighted by Crippen LogP contribution is -2.26. The zero-order valence-electron chi connectivity index (χ0n) is 13.4. The van der Waals surface area contributed by atoms with Gasteiger partial charge in [0.1, 0.15) is 13.2 Å². The van der Waals surface area contributed by atoms with E-state index in [2.05, 4.69) is 5.32 Å². The molecule has 1 atom stereocenters. The average molecular weight is 360 g/mol. The number of nitrogens with one attached hydrogen (secondary N) is 1. The number of fused-ring (bicyclic) bond motifs is 1. The predicted octanol–water partition coefficient (Wildman–Crippen LogP) is 2.97. The Morgan fingerprint density at radius 3 is 2.76 bits per heavy atom. The summed E-state index contributed by atoms with van der Waals surface area (Å²) < 4.78 is 10.9. The SMILES string of the molecule is O=C(/C=C/c1ccccc1Cl)NC[C@H](O)c1ccc2c(c1)OCCO2. The lowest BCUT2D eigenvalue weighted by Gasteiger charge is -2.20. The molecule has 130 valence electrons. The van der Waals surface area contributed by atoms with E-state index in [1.807, 2.05) is 18.2 Å². The first-order valence-electron chi connectivity index (χ1n) is 7.91. The fraction of sp³-hybridized carbons (Fsp3) is 0.211. The number of halogens is 1. The molecule has 2 aromatic rings. The zero-order valence-corrected chi connectivity index (χ0v) is 14.2. The molecule has 6 heteroatoms. The Morgan fingerprint density at radius 1 is 1.20 bits per heavy atom. The highest BCUT2D eigenvalue weighted by atomic mass is 35.5. The minimum Gasteiger partial charge on any atom is -0.486 e. The summed E-state index contributed by atoms with van der Waals surface area (Å²) in [6.45, 7) is 1.09. The van der Waals surface area contributed by atoms with E-state index in [9.17, 15) is 9.90 Å². The third-order valence-corrected chi connectivity index (χ3v) is 4.08. The van der Waals surface area contributed by atoms with Crippen LogP contribution < -0.4 is 14.8 Å². The first-order valence-corrected chi connectivity index (χ1v) is 8.29. The normalized spacial score (nSPS) is 14.3. The molecule has 0 aromatic heterocycles. The molecule has 0 saturated carbocycles. The number of carbonyl (C=O) groups is 1. The van der Waals surface area contributed by atoms with Gasteiger partial charge in [-0.3, -0.25) is 4.79 Å². The van der Waals surface area contributed by atoms with Crippen molar-refractivity contribution in [2.24, 2.45) is 0 Å². The molecule has 0 unspecified atom stereocenters. The standard InChI is InChI=1S/C19H18ClNO4/c20-15-4-2-1-3-13(15)6-8-19(23)21-12-16(22)14-5-7-17-18(11-14)25-10-9-24-17/h1-8,11,16,22H,9-10,12H2,(H,21,23)/b8-6+/t16-/m0/s1. The lowest BCUT2D eigenvalue weighted by atomic mass is 10.1. The summed E-state index contributed by atoms with van der Waals surface area (Å²) in [4.78, 5) is 11.9. The highest BCUT2D eigenvalue weighted by molar-refractivity contribution is 6.32. The number of aliphatic hydroxyl groups excluding tert-OH is 1. The maximum Gasteiger partial charge on any atom is 0.244 e. The average Bonchev–Trinajstić information content (AvgIpc) is 2.65. The maximum absolute atomic E-state index is 11.9. The Balaban J connectivity index is 1.56. The van der Waals surface area contributed by atoms with Crippen molar-refractivity contribution >= 4 is 23.6 Å². The summed E-state index contributed by atoms with van der Waals surface area (Å²) in [6.07, 6.45) is 2.18. The van der Waals surface area contributed by atoms with Crippen molar-refractivity contribution in [2.45, 2.75) is 6.10 Å². The predicted molar refractivity (Wildman–Crippen MR) is 95.9 cm³/mol. The van der Waals surface area contributed by atoms with Crippen molar-refractivity contribution in [2.75, 3.05) is 19.8 Å². The van der Waals surface area contributed by atoms with Crippen molar-refractivity contribution in [3.05, 3.63) is 64.7 Å². The van der Waals surface area contributed by atoms with Gasteiger partial charge in [0.2, 0.25) is 5.91 Å². The molecule has 0 saturated heterocycles. The van der Waals surface area contributed by atoms with E-state index in [0.717, 1.165) is 5.56 Å². The van der Waals surface area contributed by atoms with Crippen molar-refractivity contribution in [3.8, 4) is 11.5 Å². The van der Waals surface area contributed by atoms with Crippen molar-refractivity contribution in [1.82, 2.24) is 5.32 Å². The fourth-order valence-corrected chi connectivity index (χ4v) is 2.62. The van der Waals surface area contributed by atoms with Gasteiger partial charge in [0.15, 0.2) is 11.5 Å². The second kappa shape index (κ2) is 8.05. The number of benzene rings is 2. The Morgan fingerprint density at radius 2 is 1.96 bits per heavy atom. The third kappa shape index (κ3) is 4.53. The van der Waals surface area contributed by atoms with Crippen LogP contribution in [0.25, 0.3) is 6.08 Å². The van der Waals surface area contributed by atoms with Crippen LogP contribution in [-0.2, 0) is 4.79 Å². The lowest BCUT2D eigenvalue weighted by molar-refractivity contribution is -0.116. The van der Waals surface area contributed by atoms with Crippen LogP contribution in [0.2, 0.25) is 5.02 Å². The number of carbonyl (C=O) groups excluding carboxylic acids is 1. The van der Waals surface area contributed by atoms with Crippen LogP contribution in [0, 0.1) is 0 Å². The second-order valence-corrected chi connectivity index (χ2v) is 5.93. The molecule has 25 heavy (non-hydrogen) atoms. The molecule has 3 rings (SSSR count). The molecule has 0 aliphatic carbocycles. The quantitative estimate of drug-likeness (QED) is 0.805. The molecular weight excluding hydrogens is 342 g/mol. The van der Waals surface area contributed by atoms with E-state index >= 15 is 0 Å². The van der Waals surface area contributed by atoms with E-state index < -0.39 is 6.10 Å². The molecule has 2 N–H and O–H groups in total. The van der Waals surface area contributed by atoms with Gasteiger partial charge >= 0.3 is 0 Å². The summed E-state index contributed by atoms with van der Waals surface area (Å²) in [5, 5.41) is 13.5. The van der Waals surface area contributed by atoms with Gasteiger partial charge in [-0.2, -0.15) is 0 Å². The molecule has 1 amide bonds. The van der Waals surface area contributed by atoms with Crippen molar-refractivity contribution in [3.63, 3.8) is 0 Å². The van der Waals surface area contributed by atoms with E-state index in [1.165, 1.54) is 6.08 Å². The number of hydrogen-bond donors (Lipinski definition) is 2. The number of ether oxygens (including phenoxy) is 2. The molecule has 0 spiro atoms. The van der Waals surface area contributed by atoms with Crippen LogP contribution in [-0.4, -0.2) is 30.8 Å². The van der Waals surface area contributed by atoms with E-state index in [0.29, 0.717) is 35.3 Å².